The minimum absolute atomic E-state index is 1.28. The van der Waals surface area contributed by atoms with E-state index in [-0.39, 0.29) is 0 Å². The van der Waals surface area contributed by atoms with Crippen LogP contribution in [0.4, 0.5) is 0 Å². The first-order valence-electron chi connectivity index (χ1n) is 0.563. The van der Waals surface area contributed by atoms with Crippen molar-refractivity contribution in [3.8, 4) is 0 Å². The van der Waals surface area contributed by atoms with E-state index < -0.39 is 0 Å². The number of carbonyl (C=O) groups excluding carboxylic acids is 1. The molecule has 0 saturated carbocycles. The molecule has 0 aromatic carbocycles. The van der Waals surface area contributed by atoms with E-state index in [1.54, 1.807) is 21.3 Å². The van der Waals surface area contributed by atoms with Gasteiger partial charge in [-0.25, -0.2) is 0 Å². The van der Waals surface area contributed by atoms with Gasteiger partial charge < -0.3 is 0 Å². The summed E-state index contributed by atoms with van der Waals surface area (Å²) < 4.78 is 2.88. The van der Waals surface area contributed by atoms with Crippen molar-refractivity contribution in [1.29, 1.82) is 0 Å². The molecule has 0 bridgehead atoms. The Morgan fingerprint density at radius 3 is 2.25 bits per heavy atom. The number of nitrogens with zero attached hydrogens (tertiary/aromatic N) is 1. The summed E-state index contributed by atoms with van der Waals surface area (Å²) in [5, 5.41) is 0. The maximum absolute atomic E-state index is 8.87. The van der Waals surface area contributed by atoms with Gasteiger partial charge in [0.1, 0.15) is 0 Å². The quantitative estimate of drug-likeness (QED) is 0.326. The van der Waals surface area contributed by atoms with Crippen molar-refractivity contribution in [3.63, 3.8) is 0 Å². The van der Waals surface area contributed by atoms with Gasteiger partial charge in [0.2, 0.25) is 0 Å². The number of rotatable bonds is 0. The molecule has 0 amide bonds. The summed E-state index contributed by atoms with van der Waals surface area (Å²) in [5.74, 6) is 0. The van der Waals surface area contributed by atoms with Crippen molar-refractivity contribution in [2.45, 2.75) is 0 Å². The molecule has 0 atom stereocenters. The fourth-order valence-electron chi connectivity index (χ4n) is 0. The first-order valence-corrected chi connectivity index (χ1v) is 1.53. The van der Waals surface area contributed by atoms with E-state index in [0.29, 0.717) is 0 Å². The summed E-state index contributed by atoms with van der Waals surface area (Å²) in [6.07, 6.45) is 1.28. The number of hydrogen-bond acceptors (Lipinski definition) is 2. The Kier molecular flexibility index (Phi) is 3.21. The van der Waals surface area contributed by atoms with Gasteiger partial charge in [0, 0.05) is 0 Å². The topological polar surface area (TPSA) is 29.4 Å². The van der Waals surface area contributed by atoms with E-state index in [4.69, 9.17) is 4.79 Å². The van der Waals surface area contributed by atoms with Crippen LogP contribution in [0.15, 0.2) is 3.40 Å². The maximum atomic E-state index is 8.87. The van der Waals surface area contributed by atoms with Crippen molar-refractivity contribution in [2.24, 2.45) is 3.40 Å². The summed E-state index contributed by atoms with van der Waals surface area (Å²) in [6.45, 7) is 0. The van der Waals surface area contributed by atoms with E-state index in [0.717, 1.165) is 0 Å². The summed E-state index contributed by atoms with van der Waals surface area (Å²) in [7, 11) is 0. The fourth-order valence-corrected chi connectivity index (χ4v) is 0. The molecule has 2 nitrogen and oxygen atoms in total. The van der Waals surface area contributed by atoms with Crippen LogP contribution in [-0.4, -0.2) is 6.08 Å². The first-order chi connectivity index (χ1) is 1.91. The molecule has 0 rings (SSSR count). The number of hydrogen-bond donors (Lipinski definition) is 0. The molecule has 0 N–H and O–H groups in total. The Bertz CT molecular complexity index is 46.0. The summed E-state index contributed by atoms with van der Waals surface area (Å²) in [4.78, 5) is 8.87. The molecular weight excluding hydrogens is 239 g/mol. The molecule has 0 aliphatic heterocycles. The second-order valence-corrected chi connectivity index (χ2v) is 0.643. The standard InChI is InChI=1S/CNO.Au/c2-1-3;/q-1;+1. The van der Waals surface area contributed by atoms with Gasteiger partial charge in [-0.1, -0.05) is 0 Å². The van der Waals surface area contributed by atoms with Gasteiger partial charge in [-0.15, -0.1) is 0 Å². The molecule has 0 aliphatic carbocycles. The van der Waals surface area contributed by atoms with Crippen LogP contribution in [0.25, 0.3) is 0 Å². The van der Waals surface area contributed by atoms with Gasteiger partial charge in [-0.3, -0.25) is 0 Å². The molecule has 0 saturated heterocycles. The van der Waals surface area contributed by atoms with Gasteiger partial charge >= 0.3 is 35.6 Å². The van der Waals surface area contributed by atoms with Crippen molar-refractivity contribution in [1.82, 2.24) is 0 Å². The molecule has 0 heterocycles. The Balaban J connectivity index is 3.11. The molecule has 26 valence electrons. The second kappa shape index (κ2) is 3.12. The molecule has 0 aromatic heterocycles. The Morgan fingerprint density at radius 2 is 2.25 bits per heavy atom. The van der Waals surface area contributed by atoms with Crippen LogP contribution in [0.3, 0.4) is 0 Å². The van der Waals surface area contributed by atoms with Gasteiger partial charge in [0.05, 0.1) is 0 Å². The molecule has 3 heteroatoms. The third kappa shape index (κ3) is 2.12. The SMILES string of the molecule is O=C=[N][Au]. The summed E-state index contributed by atoms with van der Waals surface area (Å²) in [6, 6.07) is 0. The van der Waals surface area contributed by atoms with E-state index in [1.807, 2.05) is 0 Å². The van der Waals surface area contributed by atoms with Crippen LogP contribution in [-0.2, 0) is 26.1 Å². The molecule has 0 spiro atoms. The third-order valence-electron chi connectivity index (χ3n) is 0.0275. The number of isocyanates is 1. The molecule has 0 unspecified atom stereocenters. The predicted molar refractivity (Wildman–Crippen MR) is 8.12 cm³/mol. The van der Waals surface area contributed by atoms with Crippen LogP contribution in [0, 0.1) is 0 Å². The predicted octanol–water partition coefficient (Wildman–Crippen LogP) is -0.216. The van der Waals surface area contributed by atoms with Gasteiger partial charge in [0.15, 0.2) is 0 Å². The van der Waals surface area contributed by atoms with Crippen LogP contribution < -0.4 is 0 Å². The molecule has 0 radical (unpaired) electrons. The van der Waals surface area contributed by atoms with E-state index in [1.165, 1.54) is 6.08 Å². The zero-order valence-corrected chi connectivity index (χ0v) is 3.82. The van der Waals surface area contributed by atoms with Crippen molar-refractivity contribution < 1.29 is 26.1 Å². The summed E-state index contributed by atoms with van der Waals surface area (Å²) in [5.41, 5.74) is 0. The summed E-state index contributed by atoms with van der Waals surface area (Å²) >= 11 is 1.70. The fraction of sp³-hybridized carbons (Fsp3) is 0. The van der Waals surface area contributed by atoms with Crippen LogP contribution in [0.1, 0.15) is 0 Å². The van der Waals surface area contributed by atoms with Crippen molar-refractivity contribution in [3.05, 3.63) is 0 Å². The zero-order chi connectivity index (χ0) is 3.41. The zero-order valence-electron chi connectivity index (χ0n) is 1.66. The first kappa shape index (κ1) is 4.12. The van der Waals surface area contributed by atoms with Gasteiger partial charge in [-0.05, 0) is 0 Å². The minimum atomic E-state index is 1.28. The third-order valence-corrected chi connectivity index (χ3v) is 0.225. The van der Waals surface area contributed by atoms with Gasteiger partial charge in [0.25, 0.3) is 0 Å². The Hall–Kier alpha value is 0.120. The van der Waals surface area contributed by atoms with Crippen LogP contribution in [0.5, 0.6) is 0 Å². The monoisotopic (exact) mass is 239 g/mol. The van der Waals surface area contributed by atoms with Crippen molar-refractivity contribution in [2.75, 3.05) is 0 Å². The molecule has 0 aromatic rings. The second-order valence-electron chi connectivity index (χ2n) is 0.159. The van der Waals surface area contributed by atoms with E-state index >= 15 is 0 Å². The average Bonchev–Trinajstić information content (AvgIpc) is 1.37. The van der Waals surface area contributed by atoms with Crippen LogP contribution >= 0.6 is 0 Å². The van der Waals surface area contributed by atoms with E-state index in [9.17, 15) is 0 Å². The van der Waals surface area contributed by atoms with E-state index in [2.05, 4.69) is 3.40 Å². The molecule has 4 heavy (non-hydrogen) atoms. The van der Waals surface area contributed by atoms with Crippen LogP contribution in [0.2, 0.25) is 0 Å². The molecule has 0 aliphatic rings. The average molecular weight is 239 g/mol. The Morgan fingerprint density at radius 1 is 2.00 bits per heavy atom. The molecule has 0 fully saturated rings. The van der Waals surface area contributed by atoms with Gasteiger partial charge in [-0.2, -0.15) is 0 Å². The van der Waals surface area contributed by atoms with Crippen molar-refractivity contribution >= 4 is 6.08 Å². The normalized spacial score (nSPS) is 4.50. The molecular formula is CAuNO. The Labute approximate surface area is 36.2 Å².